The second kappa shape index (κ2) is 5.05. The SMILES string of the molecule is Cc1cc(N2CCNC(C(C)C)C2)ccc1F. The highest BCUT2D eigenvalue weighted by Crippen LogP contribution is 2.21. The Morgan fingerprint density at radius 3 is 2.82 bits per heavy atom. The molecular formula is C14H21FN2. The molecule has 0 aliphatic carbocycles. The van der Waals surface area contributed by atoms with Crippen LogP contribution in [-0.4, -0.2) is 25.7 Å². The molecule has 3 heteroatoms. The van der Waals surface area contributed by atoms with Crippen molar-refractivity contribution in [2.75, 3.05) is 24.5 Å². The first kappa shape index (κ1) is 12.4. The predicted molar refractivity (Wildman–Crippen MR) is 70.0 cm³/mol. The molecule has 1 fully saturated rings. The summed E-state index contributed by atoms with van der Waals surface area (Å²) in [4.78, 5) is 2.34. The summed E-state index contributed by atoms with van der Waals surface area (Å²) in [6, 6.07) is 5.91. The lowest BCUT2D eigenvalue weighted by atomic mass is 10.0. The van der Waals surface area contributed by atoms with Crippen molar-refractivity contribution in [1.82, 2.24) is 5.32 Å². The molecule has 0 radical (unpaired) electrons. The first-order valence-electron chi connectivity index (χ1n) is 6.32. The first-order chi connectivity index (χ1) is 8.08. The van der Waals surface area contributed by atoms with Gasteiger partial charge in [-0.05, 0) is 36.6 Å². The van der Waals surface area contributed by atoms with Gasteiger partial charge < -0.3 is 10.2 Å². The Morgan fingerprint density at radius 2 is 2.18 bits per heavy atom. The third-order valence-corrected chi connectivity index (χ3v) is 3.52. The highest BCUT2D eigenvalue weighted by molar-refractivity contribution is 5.49. The summed E-state index contributed by atoms with van der Waals surface area (Å²) < 4.78 is 13.2. The van der Waals surface area contributed by atoms with E-state index < -0.39 is 0 Å². The molecule has 1 unspecified atom stereocenters. The summed E-state index contributed by atoms with van der Waals surface area (Å²) in [5.41, 5.74) is 1.86. The van der Waals surface area contributed by atoms with Crippen LogP contribution in [-0.2, 0) is 0 Å². The molecule has 1 aliphatic rings. The molecule has 1 atom stereocenters. The lowest BCUT2D eigenvalue weighted by Crippen LogP contribution is -2.53. The monoisotopic (exact) mass is 236 g/mol. The molecule has 0 spiro atoms. The highest BCUT2D eigenvalue weighted by Gasteiger charge is 2.22. The van der Waals surface area contributed by atoms with Crippen LogP contribution in [0.2, 0.25) is 0 Å². The molecule has 1 aliphatic heterocycles. The van der Waals surface area contributed by atoms with Crippen LogP contribution in [0.25, 0.3) is 0 Å². The first-order valence-corrected chi connectivity index (χ1v) is 6.32. The zero-order valence-electron chi connectivity index (χ0n) is 10.8. The van der Waals surface area contributed by atoms with E-state index in [1.165, 1.54) is 0 Å². The quantitative estimate of drug-likeness (QED) is 0.849. The fraction of sp³-hybridized carbons (Fsp3) is 0.571. The van der Waals surface area contributed by atoms with Crippen molar-refractivity contribution in [2.45, 2.75) is 26.8 Å². The van der Waals surface area contributed by atoms with Crippen LogP contribution in [0.15, 0.2) is 18.2 Å². The smallest absolute Gasteiger partial charge is 0.126 e. The average Bonchev–Trinajstić information content (AvgIpc) is 2.33. The Morgan fingerprint density at radius 1 is 1.41 bits per heavy atom. The summed E-state index contributed by atoms with van der Waals surface area (Å²) in [5.74, 6) is 0.503. The van der Waals surface area contributed by atoms with Crippen LogP contribution >= 0.6 is 0 Å². The van der Waals surface area contributed by atoms with E-state index >= 15 is 0 Å². The molecule has 0 bridgehead atoms. The topological polar surface area (TPSA) is 15.3 Å². The Kier molecular flexibility index (Phi) is 3.67. The minimum Gasteiger partial charge on any atom is -0.369 e. The Labute approximate surface area is 103 Å². The summed E-state index contributed by atoms with van der Waals surface area (Å²) >= 11 is 0. The number of nitrogens with one attached hydrogen (secondary N) is 1. The number of anilines is 1. The predicted octanol–water partition coefficient (Wildman–Crippen LogP) is 2.57. The minimum atomic E-state index is -0.121. The van der Waals surface area contributed by atoms with Gasteiger partial charge in [-0.1, -0.05) is 13.8 Å². The molecule has 0 aromatic heterocycles. The summed E-state index contributed by atoms with van der Waals surface area (Å²) in [6.45, 7) is 9.28. The number of halogens is 1. The van der Waals surface area contributed by atoms with Gasteiger partial charge in [0.25, 0.3) is 0 Å². The molecule has 1 aromatic carbocycles. The van der Waals surface area contributed by atoms with Gasteiger partial charge in [-0.2, -0.15) is 0 Å². The standard InChI is InChI=1S/C14H21FN2/c1-10(2)14-9-17(7-6-16-14)12-4-5-13(15)11(3)8-12/h4-5,8,10,14,16H,6-7,9H2,1-3H3. The van der Waals surface area contributed by atoms with Crippen molar-refractivity contribution in [3.8, 4) is 0 Å². The van der Waals surface area contributed by atoms with E-state index in [0.717, 1.165) is 30.9 Å². The van der Waals surface area contributed by atoms with Crippen LogP contribution in [0.3, 0.4) is 0 Å². The van der Waals surface area contributed by atoms with E-state index in [0.29, 0.717) is 12.0 Å². The summed E-state index contributed by atoms with van der Waals surface area (Å²) in [6.07, 6.45) is 0. The zero-order valence-corrected chi connectivity index (χ0v) is 10.8. The molecular weight excluding hydrogens is 215 g/mol. The number of piperazine rings is 1. The normalized spacial score (nSPS) is 21.0. The van der Waals surface area contributed by atoms with E-state index in [-0.39, 0.29) is 5.82 Å². The van der Waals surface area contributed by atoms with Crippen molar-refractivity contribution in [3.63, 3.8) is 0 Å². The van der Waals surface area contributed by atoms with E-state index in [1.54, 1.807) is 6.07 Å². The molecule has 1 saturated heterocycles. The van der Waals surface area contributed by atoms with Crippen LogP contribution in [0.5, 0.6) is 0 Å². The van der Waals surface area contributed by atoms with Gasteiger partial charge in [0.05, 0.1) is 0 Å². The van der Waals surface area contributed by atoms with Crippen molar-refractivity contribution < 1.29 is 4.39 Å². The Balaban J connectivity index is 2.13. The molecule has 2 rings (SSSR count). The van der Waals surface area contributed by atoms with Crippen LogP contribution in [0, 0.1) is 18.7 Å². The largest absolute Gasteiger partial charge is 0.369 e. The zero-order chi connectivity index (χ0) is 12.4. The Hall–Kier alpha value is -1.09. The highest BCUT2D eigenvalue weighted by atomic mass is 19.1. The second-order valence-corrected chi connectivity index (χ2v) is 5.18. The molecule has 0 amide bonds. The molecule has 2 nitrogen and oxygen atoms in total. The molecule has 17 heavy (non-hydrogen) atoms. The minimum absolute atomic E-state index is 0.121. The number of benzene rings is 1. The third-order valence-electron chi connectivity index (χ3n) is 3.52. The summed E-state index contributed by atoms with van der Waals surface area (Å²) in [5, 5.41) is 3.53. The fourth-order valence-electron chi connectivity index (χ4n) is 2.28. The maximum atomic E-state index is 13.2. The molecule has 0 saturated carbocycles. The van der Waals surface area contributed by atoms with E-state index in [2.05, 4.69) is 24.1 Å². The Bertz CT molecular complexity index is 390. The van der Waals surface area contributed by atoms with Crippen molar-refractivity contribution in [1.29, 1.82) is 0 Å². The maximum absolute atomic E-state index is 13.2. The molecule has 1 N–H and O–H groups in total. The number of aryl methyl sites for hydroxylation is 1. The van der Waals surface area contributed by atoms with Gasteiger partial charge in [-0.15, -0.1) is 0 Å². The van der Waals surface area contributed by atoms with E-state index in [4.69, 9.17) is 0 Å². The van der Waals surface area contributed by atoms with Gasteiger partial charge in [0, 0.05) is 31.4 Å². The number of nitrogens with zero attached hydrogens (tertiary/aromatic N) is 1. The average molecular weight is 236 g/mol. The molecule has 1 aromatic rings. The molecule has 1 heterocycles. The van der Waals surface area contributed by atoms with Gasteiger partial charge in [-0.3, -0.25) is 0 Å². The maximum Gasteiger partial charge on any atom is 0.126 e. The lowest BCUT2D eigenvalue weighted by molar-refractivity contribution is 0.368. The number of hydrogen-bond donors (Lipinski definition) is 1. The van der Waals surface area contributed by atoms with Crippen molar-refractivity contribution in [3.05, 3.63) is 29.6 Å². The second-order valence-electron chi connectivity index (χ2n) is 5.18. The van der Waals surface area contributed by atoms with Crippen LogP contribution < -0.4 is 10.2 Å². The van der Waals surface area contributed by atoms with Gasteiger partial charge in [0.15, 0.2) is 0 Å². The van der Waals surface area contributed by atoms with E-state index in [9.17, 15) is 4.39 Å². The van der Waals surface area contributed by atoms with Gasteiger partial charge >= 0.3 is 0 Å². The van der Waals surface area contributed by atoms with Crippen LogP contribution in [0.1, 0.15) is 19.4 Å². The fourth-order valence-corrected chi connectivity index (χ4v) is 2.28. The number of rotatable bonds is 2. The van der Waals surface area contributed by atoms with Gasteiger partial charge in [0.2, 0.25) is 0 Å². The van der Waals surface area contributed by atoms with Crippen LogP contribution in [0.4, 0.5) is 10.1 Å². The van der Waals surface area contributed by atoms with Gasteiger partial charge in [0.1, 0.15) is 5.82 Å². The number of hydrogen-bond acceptors (Lipinski definition) is 2. The van der Waals surface area contributed by atoms with Crippen molar-refractivity contribution in [2.24, 2.45) is 5.92 Å². The molecule has 94 valence electrons. The van der Waals surface area contributed by atoms with Gasteiger partial charge in [-0.25, -0.2) is 4.39 Å². The third kappa shape index (κ3) is 2.78. The van der Waals surface area contributed by atoms with Crippen molar-refractivity contribution >= 4 is 5.69 Å². The van der Waals surface area contributed by atoms with E-state index in [1.807, 2.05) is 19.1 Å². The lowest BCUT2D eigenvalue weighted by Gasteiger charge is -2.37. The summed E-state index contributed by atoms with van der Waals surface area (Å²) in [7, 11) is 0.